The van der Waals surface area contributed by atoms with Crippen LogP contribution < -0.4 is 0 Å². The molecule has 0 aromatic rings. The number of rotatable bonds is 32. The minimum absolute atomic E-state index is 0.0151. The molecule has 63 heavy (non-hydrogen) atoms. The third-order valence-electron chi connectivity index (χ3n) is 17.0. The van der Waals surface area contributed by atoms with E-state index in [4.69, 9.17) is 23.7 Å². The van der Waals surface area contributed by atoms with Crippen molar-refractivity contribution in [2.45, 2.75) is 214 Å². The van der Waals surface area contributed by atoms with Gasteiger partial charge in [0.05, 0.1) is 39.1 Å². The van der Waals surface area contributed by atoms with Gasteiger partial charge >= 0.3 is 5.97 Å². The Labute approximate surface area is 388 Å². The number of hydrogen-bond acceptors (Lipinski definition) is 7. The fourth-order valence-corrected chi connectivity index (χ4v) is 13.3. The maximum absolute atomic E-state index is 13.0. The molecule has 1 heterocycles. The minimum Gasteiger partial charge on any atom is -0.460 e. The fourth-order valence-electron chi connectivity index (χ4n) is 13.3. The van der Waals surface area contributed by atoms with E-state index in [1.54, 1.807) is 5.57 Å². The highest BCUT2D eigenvalue weighted by Crippen LogP contribution is 2.67. The maximum Gasteiger partial charge on any atom is 0.332 e. The van der Waals surface area contributed by atoms with Crippen molar-refractivity contribution >= 4 is 5.97 Å². The second-order valence-electron chi connectivity index (χ2n) is 22.1. The molecule has 0 spiro atoms. The molecule has 0 amide bonds. The molecule has 364 valence electrons. The van der Waals surface area contributed by atoms with Crippen LogP contribution in [0.1, 0.15) is 202 Å². The molecule has 0 aromatic heterocycles. The van der Waals surface area contributed by atoms with Crippen molar-refractivity contribution in [3.63, 3.8) is 0 Å². The summed E-state index contributed by atoms with van der Waals surface area (Å²) in [6, 6.07) is 0. The molecule has 7 heteroatoms. The van der Waals surface area contributed by atoms with Crippen molar-refractivity contribution in [1.82, 2.24) is 4.90 Å². The average molecular weight is 882 g/mol. The van der Waals surface area contributed by atoms with E-state index < -0.39 is 0 Å². The number of fused-ring (bicyclic) bond motifs is 5. The van der Waals surface area contributed by atoms with Crippen molar-refractivity contribution < 1.29 is 28.5 Å². The summed E-state index contributed by atoms with van der Waals surface area (Å²) in [6.45, 7) is 21.2. The van der Waals surface area contributed by atoms with Crippen LogP contribution in [0.2, 0.25) is 0 Å². The van der Waals surface area contributed by atoms with Crippen LogP contribution in [0.4, 0.5) is 0 Å². The first-order valence-corrected chi connectivity index (χ1v) is 27.2. The summed E-state index contributed by atoms with van der Waals surface area (Å²) in [5, 5.41) is 0. The molecule has 5 rings (SSSR count). The van der Waals surface area contributed by atoms with Gasteiger partial charge in [-0.1, -0.05) is 142 Å². The Morgan fingerprint density at radius 3 is 2.24 bits per heavy atom. The summed E-state index contributed by atoms with van der Waals surface area (Å²) < 4.78 is 29.9. The summed E-state index contributed by atoms with van der Waals surface area (Å²) in [5.74, 6) is 4.79. The maximum atomic E-state index is 13.0. The topological polar surface area (TPSA) is 66.5 Å². The molecular weight excluding hydrogens is 783 g/mol. The highest BCUT2D eigenvalue weighted by atomic mass is 16.6. The lowest BCUT2D eigenvalue weighted by Gasteiger charge is -2.58. The number of hydrogen-bond donors (Lipinski definition) is 0. The Morgan fingerprint density at radius 2 is 1.51 bits per heavy atom. The van der Waals surface area contributed by atoms with E-state index in [1.165, 1.54) is 135 Å². The lowest BCUT2D eigenvalue weighted by atomic mass is 9.47. The van der Waals surface area contributed by atoms with Crippen LogP contribution in [0, 0.1) is 46.3 Å². The van der Waals surface area contributed by atoms with Gasteiger partial charge in [-0.2, -0.15) is 0 Å². The monoisotopic (exact) mass is 882 g/mol. The first-order valence-electron chi connectivity index (χ1n) is 27.2. The number of morpholine rings is 1. The summed E-state index contributed by atoms with van der Waals surface area (Å²) in [6.07, 6.45) is 39.8. The molecule has 9 atom stereocenters. The number of allylic oxidation sites excluding steroid dienone is 3. The van der Waals surface area contributed by atoms with Gasteiger partial charge in [-0.15, -0.1) is 0 Å². The smallest absolute Gasteiger partial charge is 0.332 e. The van der Waals surface area contributed by atoms with Crippen LogP contribution in [0.15, 0.2) is 23.8 Å². The van der Waals surface area contributed by atoms with Gasteiger partial charge in [-0.25, -0.2) is 4.79 Å². The zero-order chi connectivity index (χ0) is 44.8. The number of nitrogens with zero attached hydrogens (tertiary/aromatic N) is 1. The van der Waals surface area contributed by atoms with Crippen LogP contribution in [0.25, 0.3) is 0 Å². The molecule has 4 fully saturated rings. The Balaban J connectivity index is 0.928. The third kappa shape index (κ3) is 17.1. The number of unbranched alkanes of at least 4 members (excludes halogenated alkanes) is 12. The summed E-state index contributed by atoms with van der Waals surface area (Å²) in [7, 11) is 0. The van der Waals surface area contributed by atoms with E-state index in [-0.39, 0.29) is 30.2 Å². The second-order valence-corrected chi connectivity index (χ2v) is 22.1. The molecule has 0 radical (unpaired) electrons. The number of ether oxygens (including phenoxy) is 5. The van der Waals surface area contributed by atoms with Gasteiger partial charge in [-0.3, -0.25) is 4.90 Å². The predicted molar refractivity (Wildman–Crippen MR) is 261 cm³/mol. The van der Waals surface area contributed by atoms with E-state index in [9.17, 15) is 4.79 Å². The highest BCUT2D eigenvalue weighted by Gasteiger charge is 2.59. The first kappa shape index (κ1) is 52.7. The van der Waals surface area contributed by atoms with Crippen molar-refractivity contribution in [2.75, 3.05) is 65.9 Å². The Bertz CT molecular complexity index is 1310. The SMILES string of the molecule is CCCCCCCCC=CCCCCCCCCOCC(CN1CCOCC1)OCCOCC(=O)O[C@H]1CC[C@@]2(C)C(=CC[C@H]3[C@@H]4CC[C@H]([C@H](C)CCCC(C)C)[C@@]4(C)CC[C@@H]32)C1. The molecule has 1 aliphatic heterocycles. The fraction of sp³-hybridized carbons (Fsp3) is 0.911. The van der Waals surface area contributed by atoms with Gasteiger partial charge in [0, 0.05) is 32.7 Å². The van der Waals surface area contributed by atoms with E-state index in [2.05, 4.69) is 64.7 Å². The van der Waals surface area contributed by atoms with Gasteiger partial charge in [0.2, 0.25) is 0 Å². The van der Waals surface area contributed by atoms with Crippen molar-refractivity contribution in [3.05, 3.63) is 23.8 Å². The average Bonchev–Trinajstić information content (AvgIpc) is 3.63. The number of carbonyl (C=O) groups is 1. The molecule has 1 unspecified atom stereocenters. The zero-order valence-electron chi connectivity index (χ0n) is 42.0. The molecule has 0 N–H and O–H groups in total. The van der Waals surface area contributed by atoms with Crippen LogP contribution in [0.3, 0.4) is 0 Å². The Hall–Kier alpha value is -1.25. The van der Waals surface area contributed by atoms with Crippen LogP contribution in [0.5, 0.6) is 0 Å². The molecule has 4 aliphatic carbocycles. The Morgan fingerprint density at radius 1 is 0.794 bits per heavy atom. The quantitative estimate of drug-likeness (QED) is 0.0379. The lowest BCUT2D eigenvalue weighted by molar-refractivity contribution is -0.157. The molecular formula is C56H99NO6. The normalized spacial score (nSPS) is 29.6. The predicted octanol–water partition coefficient (Wildman–Crippen LogP) is 13.7. The first-order chi connectivity index (χ1) is 30.6. The van der Waals surface area contributed by atoms with E-state index in [1.807, 2.05) is 0 Å². The molecule has 7 nitrogen and oxygen atoms in total. The Kier molecular flexibility index (Phi) is 24.1. The van der Waals surface area contributed by atoms with E-state index in [0.717, 1.165) is 101 Å². The van der Waals surface area contributed by atoms with Crippen molar-refractivity contribution in [3.8, 4) is 0 Å². The van der Waals surface area contributed by atoms with Gasteiger partial charge in [0.15, 0.2) is 0 Å². The zero-order valence-corrected chi connectivity index (χ0v) is 42.0. The van der Waals surface area contributed by atoms with Gasteiger partial charge in [-0.05, 0) is 123 Å². The van der Waals surface area contributed by atoms with Gasteiger partial charge in [0.25, 0.3) is 0 Å². The minimum atomic E-state index is -0.241. The largest absolute Gasteiger partial charge is 0.460 e. The van der Waals surface area contributed by atoms with E-state index >= 15 is 0 Å². The highest BCUT2D eigenvalue weighted by molar-refractivity contribution is 5.71. The van der Waals surface area contributed by atoms with Crippen LogP contribution >= 0.6 is 0 Å². The van der Waals surface area contributed by atoms with Gasteiger partial charge in [0.1, 0.15) is 12.7 Å². The summed E-state index contributed by atoms with van der Waals surface area (Å²) in [4.78, 5) is 15.4. The van der Waals surface area contributed by atoms with E-state index in [0.29, 0.717) is 25.2 Å². The third-order valence-corrected chi connectivity index (χ3v) is 17.0. The molecule has 5 aliphatic rings. The van der Waals surface area contributed by atoms with Crippen LogP contribution in [-0.2, 0) is 28.5 Å². The molecule has 1 saturated heterocycles. The van der Waals surface area contributed by atoms with Gasteiger partial charge < -0.3 is 23.7 Å². The molecule has 3 saturated carbocycles. The second kappa shape index (κ2) is 28.8. The lowest BCUT2D eigenvalue weighted by Crippen LogP contribution is -2.51. The summed E-state index contributed by atoms with van der Waals surface area (Å²) >= 11 is 0. The van der Waals surface area contributed by atoms with Crippen molar-refractivity contribution in [1.29, 1.82) is 0 Å². The summed E-state index contributed by atoms with van der Waals surface area (Å²) in [5.41, 5.74) is 2.34. The van der Waals surface area contributed by atoms with Crippen LogP contribution in [-0.4, -0.2) is 89.0 Å². The standard InChI is InChI=1S/C56H99NO6/c1-7-8-9-10-11-12-13-14-15-16-17-18-19-20-21-22-36-60-43-49(42-57-34-37-59-38-35-57)62-40-39-61-44-54(58)63-48-30-32-55(5)47(41-48)26-27-50-52-29-28-51(46(4)25-23-24-45(2)3)56(52,6)33-31-53(50)55/h14-15,26,45-46,48-53H,7-13,16-25,27-44H2,1-6H3/t46-,48+,49?,50+,51-,52+,53+,55+,56-/m1/s1. The number of esters is 1. The number of carbonyl (C=O) groups excluding carboxylic acids is 1. The molecule has 0 bridgehead atoms. The molecule has 0 aromatic carbocycles. The van der Waals surface area contributed by atoms with Crippen molar-refractivity contribution in [2.24, 2.45) is 46.3 Å².